The van der Waals surface area contributed by atoms with Crippen molar-refractivity contribution in [1.29, 1.82) is 0 Å². The molecule has 0 bridgehead atoms. The molecule has 5 heteroatoms. The number of carbonyl (C=O) groups excluding carboxylic acids is 1. The zero-order chi connectivity index (χ0) is 17.4. The molecule has 2 aromatic rings. The van der Waals surface area contributed by atoms with E-state index in [1.54, 1.807) is 18.3 Å². The maximum Gasteiger partial charge on any atom is 0.235 e. The number of allylic oxidation sites excluding steroid dienone is 2. The molecular weight excluding hydrogens is 312 g/mol. The summed E-state index contributed by atoms with van der Waals surface area (Å²) in [6.07, 6.45) is 8.33. The highest BCUT2D eigenvalue weighted by Gasteiger charge is 2.45. The molecule has 126 valence electrons. The Labute approximate surface area is 146 Å². The highest BCUT2D eigenvalue weighted by atomic mass is 16.2. The van der Waals surface area contributed by atoms with Crippen LogP contribution in [-0.2, 0) is 10.2 Å². The fraction of sp³-hybridized carbons (Fsp3) is 0.200. The van der Waals surface area contributed by atoms with E-state index in [0.717, 1.165) is 28.2 Å². The van der Waals surface area contributed by atoms with Crippen molar-refractivity contribution in [2.75, 3.05) is 16.0 Å². The van der Waals surface area contributed by atoms with Crippen LogP contribution in [0.4, 0.5) is 17.1 Å². The molecule has 1 unspecified atom stereocenters. The van der Waals surface area contributed by atoms with Gasteiger partial charge in [-0.15, -0.1) is 13.2 Å². The van der Waals surface area contributed by atoms with Crippen molar-refractivity contribution in [1.82, 2.24) is 4.98 Å². The van der Waals surface area contributed by atoms with Gasteiger partial charge in [-0.1, -0.05) is 18.2 Å². The fourth-order valence-electron chi connectivity index (χ4n) is 3.74. The Bertz CT molecular complexity index is 849. The van der Waals surface area contributed by atoms with Gasteiger partial charge in [-0.05, 0) is 36.6 Å². The average Bonchev–Trinajstić information content (AvgIpc) is 3.14. The zero-order valence-corrected chi connectivity index (χ0v) is 13.9. The van der Waals surface area contributed by atoms with E-state index in [1.807, 2.05) is 24.4 Å². The van der Waals surface area contributed by atoms with E-state index in [1.165, 1.54) is 0 Å². The normalized spacial score (nSPS) is 19.2. The molecule has 0 radical (unpaired) electrons. The van der Waals surface area contributed by atoms with Crippen LogP contribution in [0.2, 0.25) is 0 Å². The van der Waals surface area contributed by atoms with Crippen LogP contribution in [0.1, 0.15) is 30.1 Å². The van der Waals surface area contributed by atoms with Gasteiger partial charge in [-0.25, -0.2) is 0 Å². The van der Waals surface area contributed by atoms with Gasteiger partial charge in [0.2, 0.25) is 5.91 Å². The number of carbonyl (C=O) groups is 1. The second-order valence-corrected chi connectivity index (χ2v) is 6.47. The van der Waals surface area contributed by atoms with Crippen LogP contribution in [0.3, 0.4) is 0 Å². The second-order valence-electron chi connectivity index (χ2n) is 6.47. The minimum absolute atomic E-state index is 0.00906. The number of pyridine rings is 1. The number of hydrogen-bond donors (Lipinski definition) is 3. The Kier molecular flexibility index (Phi) is 3.57. The topological polar surface area (TPSA) is 66.0 Å². The van der Waals surface area contributed by atoms with E-state index >= 15 is 0 Å². The monoisotopic (exact) mass is 332 g/mol. The Morgan fingerprint density at radius 3 is 2.48 bits per heavy atom. The smallest absolute Gasteiger partial charge is 0.235 e. The molecular formula is C20H20N4O. The lowest BCUT2D eigenvalue weighted by atomic mass is 9.75. The van der Waals surface area contributed by atoms with Gasteiger partial charge < -0.3 is 16.0 Å². The lowest BCUT2D eigenvalue weighted by Gasteiger charge is -2.24. The summed E-state index contributed by atoms with van der Waals surface area (Å²) in [7, 11) is 0. The number of benzene rings is 1. The Balaban J connectivity index is 1.73. The fourth-order valence-corrected chi connectivity index (χ4v) is 3.74. The predicted octanol–water partition coefficient (Wildman–Crippen LogP) is 3.96. The molecule has 5 nitrogen and oxygen atoms in total. The van der Waals surface area contributed by atoms with E-state index in [4.69, 9.17) is 0 Å². The van der Waals surface area contributed by atoms with E-state index in [2.05, 4.69) is 40.2 Å². The molecule has 2 aliphatic heterocycles. The number of fused-ring (bicyclic) bond motifs is 2. The number of nitrogens with one attached hydrogen (secondary N) is 3. The Hall–Kier alpha value is -3.08. The van der Waals surface area contributed by atoms with Gasteiger partial charge in [0.05, 0.1) is 16.8 Å². The first-order valence-corrected chi connectivity index (χ1v) is 8.33. The minimum atomic E-state index is -0.623. The summed E-state index contributed by atoms with van der Waals surface area (Å²) in [5.41, 5.74) is 4.25. The Morgan fingerprint density at radius 2 is 1.84 bits per heavy atom. The van der Waals surface area contributed by atoms with Crippen LogP contribution in [0.15, 0.2) is 62.0 Å². The third kappa shape index (κ3) is 2.31. The molecule has 2 aliphatic rings. The van der Waals surface area contributed by atoms with Crippen LogP contribution < -0.4 is 16.0 Å². The molecule has 0 saturated heterocycles. The third-order valence-corrected chi connectivity index (χ3v) is 4.96. The molecule has 4 rings (SSSR count). The lowest BCUT2D eigenvalue weighted by Crippen LogP contribution is -2.33. The van der Waals surface area contributed by atoms with Crippen LogP contribution in [-0.4, -0.2) is 10.9 Å². The molecule has 0 spiro atoms. The largest absolute Gasteiger partial charge is 0.360 e. The molecule has 1 aromatic carbocycles. The van der Waals surface area contributed by atoms with Gasteiger partial charge in [0.25, 0.3) is 0 Å². The van der Waals surface area contributed by atoms with Crippen LogP contribution in [0.25, 0.3) is 0 Å². The molecule has 1 atom stereocenters. The summed E-state index contributed by atoms with van der Waals surface area (Å²) in [5.74, 6) is 0.00906. The van der Waals surface area contributed by atoms with Crippen LogP contribution >= 0.6 is 0 Å². The van der Waals surface area contributed by atoms with Crippen molar-refractivity contribution in [3.63, 3.8) is 0 Å². The summed E-state index contributed by atoms with van der Waals surface area (Å²) in [6, 6.07) is 8.01. The van der Waals surface area contributed by atoms with Crippen molar-refractivity contribution in [3.05, 3.63) is 73.1 Å². The standard InChI is InChI=1S/C20H20N4O/c1-3-7-20(8-4-2)14-10-16-17(11-15(14)24-19(20)25)23-18(22-16)13-6-5-9-21-12-13/h3-6,9-12,18,22-23H,1-2,7-8H2,(H,24,25). The predicted molar refractivity (Wildman–Crippen MR) is 101 cm³/mol. The first-order valence-electron chi connectivity index (χ1n) is 8.33. The van der Waals surface area contributed by atoms with Crippen molar-refractivity contribution >= 4 is 23.0 Å². The van der Waals surface area contributed by atoms with Crippen LogP contribution in [0, 0.1) is 0 Å². The number of anilines is 3. The lowest BCUT2D eigenvalue weighted by molar-refractivity contribution is -0.120. The third-order valence-electron chi connectivity index (χ3n) is 4.96. The maximum absolute atomic E-state index is 12.7. The molecule has 1 aromatic heterocycles. The molecule has 3 heterocycles. The van der Waals surface area contributed by atoms with Crippen molar-refractivity contribution in [3.8, 4) is 0 Å². The van der Waals surface area contributed by atoms with Crippen LogP contribution in [0.5, 0.6) is 0 Å². The molecule has 0 aliphatic carbocycles. The zero-order valence-electron chi connectivity index (χ0n) is 13.9. The quantitative estimate of drug-likeness (QED) is 0.725. The van der Waals surface area contributed by atoms with Gasteiger partial charge >= 0.3 is 0 Å². The summed E-state index contributed by atoms with van der Waals surface area (Å²) in [6.45, 7) is 7.67. The molecule has 0 saturated carbocycles. The van der Waals surface area contributed by atoms with Crippen molar-refractivity contribution in [2.45, 2.75) is 24.4 Å². The summed E-state index contributed by atoms with van der Waals surface area (Å²) >= 11 is 0. The van der Waals surface area contributed by atoms with E-state index in [-0.39, 0.29) is 12.1 Å². The van der Waals surface area contributed by atoms with Gasteiger partial charge in [0.15, 0.2) is 0 Å². The van der Waals surface area contributed by atoms with E-state index in [0.29, 0.717) is 12.8 Å². The van der Waals surface area contributed by atoms with Crippen molar-refractivity contribution in [2.24, 2.45) is 0 Å². The number of nitrogens with zero attached hydrogens (tertiary/aromatic N) is 1. The van der Waals surface area contributed by atoms with Gasteiger partial charge in [0.1, 0.15) is 6.17 Å². The molecule has 3 N–H and O–H groups in total. The summed E-state index contributed by atoms with van der Waals surface area (Å²) in [4.78, 5) is 16.9. The van der Waals surface area contributed by atoms with E-state index in [9.17, 15) is 4.79 Å². The average molecular weight is 332 g/mol. The number of hydrogen-bond acceptors (Lipinski definition) is 4. The molecule has 1 amide bonds. The van der Waals surface area contributed by atoms with Gasteiger partial charge in [-0.3, -0.25) is 9.78 Å². The molecule has 0 fully saturated rings. The van der Waals surface area contributed by atoms with Gasteiger partial charge in [0, 0.05) is 23.6 Å². The maximum atomic E-state index is 12.7. The highest BCUT2D eigenvalue weighted by molar-refractivity contribution is 6.08. The van der Waals surface area contributed by atoms with Crippen molar-refractivity contribution < 1.29 is 4.79 Å². The minimum Gasteiger partial charge on any atom is -0.360 e. The Morgan fingerprint density at radius 1 is 1.12 bits per heavy atom. The highest BCUT2D eigenvalue weighted by Crippen LogP contribution is 2.48. The summed E-state index contributed by atoms with van der Waals surface area (Å²) < 4.78 is 0. The van der Waals surface area contributed by atoms with E-state index < -0.39 is 5.41 Å². The summed E-state index contributed by atoms with van der Waals surface area (Å²) in [5, 5.41) is 9.95. The molecule has 25 heavy (non-hydrogen) atoms. The van der Waals surface area contributed by atoms with Gasteiger partial charge in [-0.2, -0.15) is 0 Å². The number of aromatic nitrogens is 1. The number of rotatable bonds is 5. The number of amides is 1. The first-order chi connectivity index (χ1) is 12.2. The second kappa shape index (κ2) is 5.77. The SMILES string of the molecule is C=CCC1(CC=C)C(=O)Nc2cc3c(cc21)NC(c1cccnc1)N3. The first kappa shape index (κ1) is 15.4.